The van der Waals surface area contributed by atoms with E-state index in [2.05, 4.69) is 5.32 Å². The molecule has 0 aliphatic carbocycles. The van der Waals surface area contributed by atoms with Crippen LogP contribution in [-0.4, -0.2) is 35.1 Å². The molecule has 10 heteroatoms. The van der Waals surface area contributed by atoms with E-state index in [0.29, 0.717) is 22.3 Å². The van der Waals surface area contributed by atoms with Gasteiger partial charge in [-0.1, -0.05) is 12.1 Å². The summed E-state index contributed by atoms with van der Waals surface area (Å²) in [5, 5.41) is 23.4. The van der Waals surface area contributed by atoms with Gasteiger partial charge < -0.3 is 19.6 Å². The van der Waals surface area contributed by atoms with Gasteiger partial charge in [0.05, 0.1) is 18.5 Å². The summed E-state index contributed by atoms with van der Waals surface area (Å²) in [5.41, 5.74) is 0.153. The van der Waals surface area contributed by atoms with E-state index >= 15 is 0 Å². The zero-order valence-corrected chi connectivity index (χ0v) is 16.4. The molecule has 1 heterocycles. The van der Waals surface area contributed by atoms with E-state index in [1.165, 1.54) is 43.5 Å². The number of carbonyl (C=O) groups is 2. The summed E-state index contributed by atoms with van der Waals surface area (Å²) in [5.74, 6) is -1.45. The molecule has 3 rings (SSSR count). The average Bonchev–Trinajstić information content (AvgIpc) is 2.72. The second-order valence-corrected chi connectivity index (χ2v) is 6.72. The minimum atomic E-state index is -1.32. The third kappa shape index (κ3) is 5.24. The summed E-state index contributed by atoms with van der Waals surface area (Å²) in [4.78, 5) is 46.3. The van der Waals surface area contributed by atoms with Crippen molar-refractivity contribution < 1.29 is 28.8 Å². The first-order valence-electron chi connectivity index (χ1n) is 9.13. The Balaban J connectivity index is 1.81. The van der Waals surface area contributed by atoms with Crippen molar-refractivity contribution in [3.63, 3.8) is 0 Å². The van der Waals surface area contributed by atoms with Gasteiger partial charge in [-0.15, -0.1) is 0 Å². The molecule has 0 aliphatic rings. The Bertz CT molecular complexity index is 1220. The molecular weight excluding hydrogens is 408 g/mol. The van der Waals surface area contributed by atoms with E-state index in [4.69, 9.17) is 9.15 Å². The number of nitro groups is 1. The van der Waals surface area contributed by atoms with E-state index in [-0.39, 0.29) is 24.1 Å². The lowest BCUT2D eigenvalue weighted by Gasteiger charge is -2.16. The van der Waals surface area contributed by atoms with Crippen LogP contribution in [0.1, 0.15) is 11.1 Å². The van der Waals surface area contributed by atoms with Crippen LogP contribution < -0.4 is 15.7 Å². The monoisotopic (exact) mass is 426 g/mol. The number of carboxylic acids is 1. The van der Waals surface area contributed by atoms with Gasteiger partial charge >= 0.3 is 11.6 Å². The molecule has 0 spiro atoms. The number of non-ortho nitro benzene ring substituents is 1. The predicted octanol–water partition coefficient (Wildman–Crippen LogP) is 2.06. The number of nitro benzene ring substituents is 1. The molecule has 0 bridgehead atoms. The number of carbonyl (C=O) groups excluding carboxylic acids is 1. The fourth-order valence-corrected chi connectivity index (χ4v) is 3.14. The number of benzene rings is 2. The largest absolute Gasteiger partial charge is 0.497 e. The summed E-state index contributed by atoms with van der Waals surface area (Å²) in [7, 11) is 1.46. The van der Waals surface area contributed by atoms with Gasteiger partial charge in [-0.25, -0.2) is 9.59 Å². The van der Waals surface area contributed by atoms with E-state index in [9.17, 15) is 29.6 Å². The number of aliphatic carboxylic acids is 1. The molecule has 160 valence electrons. The Morgan fingerprint density at radius 1 is 1.23 bits per heavy atom. The van der Waals surface area contributed by atoms with Crippen LogP contribution in [0.15, 0.2) is 57.7 Å². The highest BCUT2D eigenvalue weighted by Crippen LogP contribution is 2.23. The van der Waals surface area contributed by atoms with E-state index in [1.54, 1.807) is 12.1 Å². The summed E-state index contributed by atoms with van der Waals surface area (Å²) in [6.45, 7) is 0. The zero-order chi connectivity index (χ0) is 22.5. The zero-order valence-electron chi connectivity index (χ0n) is 16.4. The van der Waals surface area contributed by atoms with Crippen LogP contribution in [0.25, 0.3) is 11.0 Å². The maximum absolute atomic E-state index is 12.4. The van der Waals surface area contributed by atoms with Gasteiger partial charge in [0, 0.05) is 36.1 Å². The lowest BCUT2D eigenvalue weighted by molar-refractivity contribution is -0.384. The molecule has 0 saturated carbocycles. The molecule has 1 aromatic heterocycles. The predicted molar refractivity (Wildman–Crippen MR) is 109 cm³/mol. The molecule has 10 nitrogen and oxygen atoms in total. The molecule has 0 aliphatic heterocycles. The van der Waals surface area contributed by atoms with Crippen LogP contribution >= 0.6 is 0 Å². The Labute approximate surface area is 175 Å². The molecule has 1 amide bonds. The quantitative estimate of drug-likeness (QED) is 0.316. The Kier molecular flexibility index (Phi) is 6.29. The number of rotatable bonds is 8. The Morgan fingerprint density at radius 3 is 2.68 bits per heavy atom. The molecule has 0 saturated heterocycles. The number of hydrogen-bond acceptors (Lipinski definition) is 7. The molecule has 31 heavy (non-hydrogen) atoms. The van der Waals surface area contributed by atoms with Gasteiger partial charge in [0.15, 0.2) is 0 Å². The van der Waals surface area contributed by atoms with Crippen LogP contribution in [0.5, 0.6) is 5.75 Å². The van der Waals surface area contributed by atoms with Gasteiger partial charge in [0.1, 0.15) is 17.4 Å². The van der Waals surface area contributed by atoms with Gasteiger partial charge in [-0.2, -0.15) is 0 Å². The average molecular weight is 426 g/mol. The van der Waals surface area contributed by atoms with Gasteiger partial charge in [0.25, 0.3) is 5.69 Å². The van der Waals surface area contributed by atoms with Crippen LogP contribution in [0.2, 0.25) is 0 Å². The minimum Gasteiger partial charge on any atom is -0.497 e. The number of hydrogen-bond donors (Lipinski definition) is 2. The van der Waals surface area contributed by atoms with E-state index < -0.39 is 28.5 Å². The molecule has 2 aromatic carbocycles. The molecule has 0 fully saturated rings. The molecule has 3 aromatic rings. The van der Waals surface area contributed by atoms with Crippen molar-refractivity contribution in [1.29, 1.82) is 0 Å². The Hall–Kier alpha value is -4.21. The number of nitrogens with one attached hydrogen (secondary N) is 1. The maximum Gasteiger partial charge on any atom is 0.336 e. The van der Waals surface area contributed by atoms with Crippen LogP contribution in [0, 0.1) is 10.1 Å². The highest BCUT2D eigenvalue weighted by atomic mass is 16.6. The third-order valence-electron chi connectivity index (χ3n) is 4.58. The van der Waals surface area contributed by atoms with Gasteiger partial charge in [-0.05, 0) is 23.3 Å². The molecule has 2 N–H and O–H groups in total. The second kappa shape index (κ2) is 9.08. The standard InChI is InChI=1S/C21H18N2O8/c1-30-15-5-6-16-13(10-20(25)31-18(16)11-15)9-17(21(26)27)22-19(24)8-12-3-2-4-14(7-12)23(28)29/h2-7,10-11,17H,8-9H2,1H3,(H,22,24)(H,26,27)/t17-/m1/s1. The van der Waals surface area contributed by atoms with E-state index in [1.807, 2.05) is 0 Å². The van der Waals surface area contributed by atoms with Crippen LogP contribution in [0.3, 0.4) is 0 Å². The van der Waals surface area contributed by atoms with Crippen molar-refractivity contribution in [3.8, 4) is 5.75 Å². The molecule has 0 radical (unpaired) electrons. The van der Waals surface area contributed by atoms with Crippen molar-refractivity contribution in [2.75, 3.05) is 7.11 Å². The summed E-state index contributed by atoms with van der Waals surface area (Å²) < 4.78 is 10.3. The number of nitrogens with zero attached hydrogens (tertiary/aromatic N) is 1. The van der Waals surface area contributed by atoms with Crippen molar-refractivity contribution in [2.45, 2.75) is 18.9 Å². The third-order valence-corrected chi connectivity index (χ3v) is 4.58. The topological polar surface area (TPSA) is 149 Å². The second-order valence-electron chi connectivity index (χ2n) is 6.72. The summed E-state index contributed by atoms with van der Waals surface area (Å²) >= 11 is 0. The van der Waals surface area contributed by atoms with Gasteiger partial charge in [-0.3, -0.25) is 14.9 Å². The highest BCUT2D eigenvalue weighted by Gasteiger charge is 2.22. The first-order valence-corrected chi connectivity index (χ1v) is 9.13. The first kappa shape index (κ1) is 21.5. The minimum absolute atomic E-state index is 0.162. The van der Waals surface area contributed by atoms with Gasteiger partial charge in [0.2, 0.25) is 5.91 Å². The molecule has 1 atom stereocenters. The number of amides is 1. The first-order chi connectivity index (χ1) is 14.8. The lowest BCUT2D eigenvalue weighted by Crippen LogP contribution is -2.43. The number of ether oxygens (including phenoxy) is 1. The fourth-order valence-electron chi connectivity index (χ4n) is 3.14. The van der Waals surface area contributed by atoms with Crippen molar-refractivity contribution in [1.82, 2.24) is 5.32 Å². The molecular formula is C21H18N2O8. The van der Waals surface area contributed by atoms with Crippen molar-refractivity contribution >= 4 is 28.5 Å². The maximum atomic E-state index is 12.4. The number of carboxylic acid groups (broad SMARTS) is 1. The van der Waals surface area contributed by atoms with Crippen LogP contribution in [-0.2, 0) is 22.4 Å². The van der Waals surface area contributed by atoms with Crippen molar-refractivity contribution in [2.24, 2.45) is 0 Å². The normalized spacial score (nSPS) is 11.6. The lowest BCUT2D eigenvalue weighted by atomic mass is 10.0. The Morgan fingerprint density at radius 2 is 2.00 bits per heavy atom. The number of fused-ring (bicyclic) bond motifs is 1. The SMILES string of the molecule is COc1ccc2c(C[C@@H](NC(=O)Cc3cccc([N+](=O)[O-])c3)C(=O)O)cc(=O)oc2c1. The number of methoxy groups -OCH3 is 1. The summed E-state index contributed by atoms with van der Waals surface area (Å²) in [6, 6.07) is 10.2. The van der Waals surface area contributed by atoms with E-state index in [0.717, 1.165) is 0 Å². The molecule has 0 unspecified atom stereocenters. The fraction of sp³-hybridized carbons (Fsp3) is 0.190. The smallest absolute Gasteiger partial charge is 0.336 e. The van der Waals surface area contributed by atoms with Crippen LogP contribution in [0.4, 0.5) is 5.69 Å². The summed E-state index contributed by atoms with van der Waals surface area (Å²) in [6.07, 6.45) is -0.398. The highest BCUT2D eigenvalue weighted by molar-refractivity contribution is 5.87. The van der Waals surface area contributed by atoms with Crippen molar-refractivity contribution in [3.05, 3.63) is 80.2 Å².